The van der Waals surface area contributed by atoms with Gasteiger partial charge in [-0.3, -0.25) is 24.2 Å². The van der Waals surface area contributed by atoms with E-state index in [9.17, 15) is 29.1 Å². The summed E-state index contributed by atoms with van der Waals surface area (Å²) in [6, 6.07) is -4.58. The third-order valence-electron chi connectivity index (χ3n) is 5.45. The van der Waals surface area contributed by atoms with Crippen LogP contribution in [0.15, 0.2) is 4.99 Å². The molecule has 0 aliphatic heterocycles. The second-order valence-corrected chi connectivity index (χ2v) is 9.19. The van der Waals surface area contributed by atoms with Gasteiger partial charge in [-0.25, -0.2) is 4.79 Å². The van der Waals surface area contributed by atoms with E-state index in [2.05, 4.69) is 20.9 Å². The zero-order valence-electron chi connectivity index (χ0n) is 21.5. The molecule has 14 heteroatoms. The molecule has 5 unspecified atom stereocenters. The average molecular weight is 515 g/mol. The number of rotatable bonds is 17. The minimum atomic E-state index is -1.24. The molecule has 0 bridgehead atoms. The van der Waals surface area contributed by atoms with Crippen molar-refractivity contribution in [3.63, 3.8) is 0 Å². The lowest BCUT2D eigenvalue weighted by Gasteiger charge is -2.28. The van der Waals surface area contributed by atoms with E-state index in [0.29, 0.717) is 12.8 Å². The number of nitrogens with zero attached hydrogens (tertiary/aromatic N) is 1. The molecule has 0 saturated heterocycles. The molecule has 5 atom stereocenters. The molecule has 0 radical (unpaired) electrons. The third-order valence-corrected chi connectivity index (χ3v) is 5.45. The maximum absolute atomic E-state index is 13.2. The van der Waals surface area contributed by atoms with Gasteiger partial charge in [0.25, 0.3) is 0 Å². The molecule has 36 heavy (non-hydrogen) atoms. The number of carbonyl (C=O) groups is 5. The summed E-state index contributed by atoms with van der Waals surface area (Å²) in [5, 5.41) is 17.1. The summed E-state index contributed by atoms with van der Waals surface area (Å²) in [7, 11) is 0. The number of carboxylic acid groups (broad SMARTS) is 1. The van der Waals surface area contributed by atoms with E-state index in [-0.39, 0.29) is 37.2 Å². The van der Waals surface area contributed by atoms with E-state index >= 15 is 0 Å². The molecular weight excluding hydrogens is 472 g/mol. The van der Waals surface area contributed by atoms with E-state index < -0.39 is 60.2 Å². The van der Waals surface area contributed by atoms with Crippen molar-refractivity contribution in [2.24, 2.45) is 39.8 Å². The second kappa shape index (κ2) is 16.3. The first-order chi connectivity index (χ1) is 16.7. The Morgan fingerprint density at radius 1 is 0.889 bits per heavy atom. The van der Waals surface area contributed by atoms with Gasteiger partial charge in [-0.1, -0.05) is 34.1 Å². The number of amides is 4. The van der Waals surface area contributed by atoms with E-state index in [0.717, 1.165) is 0 Å². The van der Waals surface area contributed by atoms with Gasteiger partial charge in [-0.15, -0.1) is 0 Å². The van der Waals surface area contributed by atoms with Gasteiger partial charge in [-0.05, 0) is 31.1 Å². The molecule has 0 aromatic heterocycles. The number of carboxylic acids is 1. The quantitative estimate of drug-likeness (QED) is 0.0598. The Morgan fingerprint density at radius 3 is 1.94 bits per heavy atom. The Bertz CT molecular complexity index is 799. The van der Waals surface area contributed by atoms with Crippen LogP contribution in [0.1, 0.15) is 59.8 Å². The van der Waals surface area contributed by atoms with Gasteiger partial charge in [-0.2, -0.15) is 0 Å². The summed E-state index contributed by atoms with van der Waals surface area (Å²) in [6.45, 7) is 7.35. The van der Waals surface area contributed by atoms with Gasteiger partial charge < -0.3 is 44.0 Å². The van der Waals surface area contributed by atoms with Crippen molar-refractivity contribution in [3.05, 3.63) is 0 Å². The second-order valence-electron chi connectivity index (χ2n) is 9.19. The molecule has 0 aromatic rings. The monoisotopic (exact) mass is 514 g/mol. The van der Waals surface area contributed by atoms with Crippen LogP contribution in [0.25, 0.3) is 0 Å². The highest BCUT2D eigenvalue weighted by atomic mass is 16.4. The molecule has 14 nitrogen and oxygen atoms in total. The van der Waals surface area contributed by atoms with Gasteiger partial charge in [0.15, 0.2) is 5.96 Å². The number of hydrogen-bond acceptors (Lipinski definition) is 7. The van der Waals surface area contributed by atoms with Crippen LogP contribution in [0.2, 0.25) is 0 Å². The zero-order chi connectivity index (χ0) is 28.0. The van der Waals surface area contributed by atoms with E-state index in [1.807, 2.05) is 20.8 Å². The van der Waals surface area contributed by atoms with Gasteiger partial charge in [0.05, 0.1) is 12.5 Å². The van der Waals surface area contributed by atoms with Crippen LogP contribution in [-0.4, -0.2) is 71.4 Å². The Kier molecular flexibility index (Phi) is 14.7. The fraction of sp³-hybridized carbons (Fsp3) is 0.727. The minimum absolute atomic E-state index is 0.00378. The summed E-state index contributed by atoms with van der Waals surface area (Å²) in [6.07, 6.45) is 0.703. The lowest BCUT2D eigenvalue weighted by Crippen LogP contribution is -2.58. The number of hydrogen-bond donors (Lipinski definition) is 8. The fourth-order valence-electron chi connectivity index (χ4n) is 3.27. The third kappa shape index (κ3) is 12.9. The predicted molar refractivity (Wildman–Crippen MR) is 134 cm³/mol. The van der Waals surface area contributed by atoms with Crippen LogP contribution >= 0.6 is 0 Å². The number of aliphatic imine (C=N–C) groups is 1. The summed E-state index contributed by atoms with van der Waals surface area (Å²) >= 11 is 0. The highest BCUT2D eigenvalue weighted by Gasteiger charge is 2.32. The molecule has 206 valence electrons. The first kappa shape index (κ1) is 32.6. The van der Waals surface area contributed by atoms with Crippen LogP contribution in [0.3, 0.4) is 0 Å². The Morgan fingerprint density at radius 2 is 1.47 bits per heavy atom. The van der Waals surface area contributed by atoms with Crippen LogP contribution in [0, 0.1) is 11.8 Å². The number of guanidine groups is 1. The van der Waals surface area contributed by atoms with Crippen molar-refractivity contribution in [1.29, 1.82) is 0 Å². The normalized spacial score (nSPS) is 15.1. The van der Waals surface area contributed by atoms with Gasteiger partial charge in [0.1, 0.15) is 18.1 Å². The summed E-state index contributed by atoms with van der Waals surface area (Å²) in [4.78, 5) is 65.1. The van der Waals surface area contributed by atoms with Crippen molar-refractivity contribution in [2.45, 2.75) is 84.0 Å². The molecule has 0 aliphatic rings. The van der Waals surface area contributed by atoms with Crippen LogP contribution in [-0.2, 0) is 24.0 Å². The first-order valence-corrected chi connectivity index (χ1v) is 11.9. The number of primary amides is 1. The molecular formula is C22H42N8O6. The van der Waals surface area contributed by atoms with Gasteiger partial charge >= 0.3 is 5.97 Å². The molecule has 0 fully saturated rings. The fourth-order valence-corrected chi connectivity index (χ4v) is 3.27. The van der Waals surface area contributed by atoms with Crippen molar-refractivity contribution in [3.8, 4) is 0 Å². The highest BCUT2D eigenvalue weighted by Crippen LogP contribution is 2.11. The Labute approximate surface area is 211 Å². The van der Waals surface area contributed by atoms with Crippen molar-refractivity contribution in [2.75, 3.05) is 6.54 Å². The predicted octanol–water partition coefficient (Wildman–Crippen LogP) is -2.13. The molecule has 0 rings (SSSR count). The molecule has 12 N–H and O–H groups in total. The van der Waals surface area contributed by atoms with E-state index in [1.54, 1.807) is 6.92 Å². The standard InChI is InChI=1S/C22H42N8O6/c1-5-12(4)17(30-18(32)13(23)10-16(24)31)20(34)28-14(7-6-8-27-22(25)26)19(33)29-15(21(35)36)9-11(2)3/h11-15,17H,5-10,23H2,1-4H3,(H2,24,31)(H,28,34)(H,29,33)(H,30,32)(H,35,36)(H4,25,26,27). The zero-order valence-corrected chi connectivity index (χ0v) is 21.5. The largest absolute Gasteiger partial charge is 0.480 e. The van der Waals surface area contributed by atoms with Gasteiger partial charge in [0, 0.05) is 6.54 Å². The number of carbonyl (C=O) groups excluding carboxylic acids is 4. The maximum Gasteiger partial charge on any atom is 0.326 e. The number of nitrogens with two attached hydrogens (primary N) is 4. The lowest BCUT2D eigenvalue weighted by molar-refractivity contribution is -0.143. The van der Waals surface area contributed by atoms with Crippen molar-refractivity contribution >= 4 is 35.6 Å². The van der Waals surface area contributed by atoms with E-state index in [1.165, 1.54) is 0 Å². The molecule has 0 aromatic carbocycles. The topological polar surface area (TPSA) is 258 Å². The molecule has 0 aliphatic carbocycles. The smallest absolute Gasteiger partial charge is 0.326 e. The van der Waals surface area contributed by atoms with E-state index in [4.69, 9.17) is 22.9 Å². The SMILES string of the molecule is CCC(C)C(NC(=O)C(N)CC(N)=O)C(=O)NC(CCCN=C(N)N)C(=O)NC(CC(C)C)C(=O)O. The molecule has 0 heterocycles. The summed E-state index contributed by atoms with van der Waals surface area (Å²) in [5.74, 6) is -4.56. The molecule has 0 spiro atoms. The summed E-state index contributed by atoms with van der Waals surface area (Å²) in [5.41, 5.74) is 21.4. The Hall–Kier alpha value is -3.42. The lowest BCUT2D eigenvalue weighted by atomic mass is 9.96. The average Bonchev–Trinajstić information content (AvgIpc) is 2.76. The molecule has 0 saturated carbocycles. The van der Waals surface area contributed by atoms with Crippen LogP contribution in [0.4, 0.5) is 0 Å². The maximum atomic E-state index is 13.2. The van der Waals surface area contributed by atoms with Gasteiger partial charge in [0.2, 0.25) is 23.6 Å². The summed E-state index contributed by atoms with van der Waals surface area (Å²) < 4.78 is 0. The van der Waals surface area contributed by atoms with Crippen LogP contribution in [0.5, 0.6) is 0 Å². The van der Waals surface area contributed by atoms with Crippen molar-refractivity contribution < 1.29 is 29.1 Å². The Balaban J connectivity index is 5.70. The first-order valence-electron chi connectivity index (χ1n) is 11.9. The number of aliphatic carboxylic acids is 1. The van der Waals surface area contributed by atoms with Crippen molar-refractivity contribution in [1.82, 2.24) is 16.0 Å². The number of nitrogens with one attached hydrogen (secondary N) is 3. The minimum Gasteiger partial charge on any atom is -0.480 e. The molecule has 4 amide bonds. The van der Waals surface area contributed by atoms with Crippen LogP contribution < -0.4 is 38.9 Å². The highest BCUT2D eigenvalue weighted by molar-refractivity contribution is 5.95.